The number of carbonyl (C=O) groups is 1. The van der Waals surface area contributed by atoms with E-state index in [0.717, 1.165) is 5.56 Å². The van der Waals surface area contributed by atoms with Gasteiger partial charge in [-0.15, -0.1) is 0 Å². The molecule has 0 bridgehead atoms. The molecule has 0 spiro atoms. The average Bonchev–Trinajstić information content (AvgIpc) is 2.43. The highest BCUT2D eigenvalue weighted by Gasteiger charge is 2.20. The first-order chi connectivity index (χ1) is 9.35. The highest BCUT2D eigenvalue weighted by Crippen LogP contribution is 2.20. The van der Waals surface area contributed by atoms with Crippen molar-refractivity contribution in [1.82, 2.24) is 15.0 Å². The fraction of sp³-hybridized carbons (Fsp3) is 0.231. The van der Waals surface area contributed by atoms with Crippen LogP contribution in [0.25, 0.3) is 11.3 Å². The second kappa shape index (κ2) is 5.11. The molecule has 96 valence electrons. The predicted octanol–water partition coefficient (Wildman–Crippen LogP) is 1.13. The first-order valence-corrected chi connectivity index (χ1v) is 5.83. The molecule has 3 heterocycles. The van der Waals surface area contributed by atoms with Crippen LogP contribution in [0.5, 0.6) is 5.88 Å². The van der Waals surface area contributed by atoms with Crippen LogP contribution in [0.3, 0.4) is 0 Å². The van der Waals surface area contributed by atoms with Crippen LogP contribution < -0.4 is 4.74 Å². The van der Waals surface area contributed by atoms with Gasteiger partial charge >= 0.3 is 0 Å². The molecule has 6 nitrogen and oxygen atoms in total. The number of aromatic nitrogens is 3. The van der Waals surface area contributed by atoms with E-state index in [-0.39, 0.29) is 6.10 Å². The van der Waals surface area contributed by atoms with Gasteiger partial charge in [0.1, 0.15) is 11.8 Å². The Morgan fingerprint density at radius 3 is 3.00 bits per heavy atom. The number of carbonyl (C=O) groups excluding carboxylic acids is 1. The van der Waals surface area contributed by atoms with E-state index >= 15 is 0 Å². The van der Waals surface area contributed by atoms with Crippen LogP contribution in [-0.2, 0) is 4.74 Å². The normalized spacial score (nSPS) is 14.7. The standard InChI is InChI=1S/C13H11N3O3/c17-6-10-3-9(1-2-15-10)12-4-14-5-13(16-12)19-11-7-18-8-11/h1-6,11H,7-8H2. The van der Waals surface area contributed by atoms with Gasteiger partial charge in [-0.3, -0.25) is 14.8 Å². The van der Waals surface area contributed by atoms with Crippen LogP contribution in [0.2, 0.25) is 0 Å². The quantitative estimate of drug-likeness (QED) is 0.764. The molecule has 0 amide bonds. The van der Waals surface area contributed by atoms with Gasteiger partial charge in [-0.2, -0.15) is 0 Å². The minimum Gasteiger partial charge on any atom is -0.468 e. The van der Waals surface area contributed by atoms with E-state index in [2.05, 4.69) is 15.0 Å². The fourth-order valence-electron chi connectivity index (χ4n) is 1.67. The molecular formula is C13H11N3O3. The van der Waals surface area contributed by atoms with Gasteiger partial charge in [-0.05, 0) is 12.1 Å². The zero-order valence-corrected chi connectivity index (χ0v) is 10.0. The maximum atomic E-state index is 10.7. The molecule has 0 unspecified atom stereocenters. The molecule has 1 aliphatic rings. The number of rotatable bonds is 4. The maximum Gasteiger partial charge on any atom is 0.233 e. The zero-order valence-electron chi connectivity index (χ0n) is 10.0. The summed E-state index contributed by atoms with van der Waals surface area (Å²) in [7, 11) is 0. The van der Waals surface area contributed by atoms with Crippen molar-refractivity contribution >= 4 is 6.29 Å². The molecule has 3 rings (SSSR count). The number of hydrogen-bond donors (Lipinski definition) is 0. The third-order valence-corrected chi connectivity index (χ3v) is 2.70. The van der Waals surface area contributed by atoms with Crippen LogP contribution in [0.4, 0.5) is 0 Å². The van der Waals surface area contributed by atoms with Gasteiger partial charge in [0.2, 0.25) is 5.88 Å². The summed E-state index contributed by atoms with van der Waals surface area (Å²) in [6.07, 6.45) is 5.49. The molecular weight excluding hydrogens is 246 g/mol. The van der Waals surface area contributed by atoms with Gasteiger partial charge in [-0.1, -0.05) is 0 Å². The lowest BCUT2D eigenvalue weighted by molar-refractivity contribution is -0.0814. The molecule has 19 heavy (non-hydrogen) atoms. The lowest BCUT2D eigenvalue weighted by Crippen LogP contribution is -2.38. The van der Waals surface area contributed by atoms with Crippen LogP contribution >= 0.6 is 0 Å². The molecule has 0 atom stereocenters. The van der Waals surface area contributed by atoms with Crippen molar-refractivity contribution in [1.29, 1.82) is 0 Å². The summed E-state index contributed by atoms with van der Waals surface area (Å²) in [5, 5.41) is 0. The average molecular weight is 257 g/mol. The van der Waals surface area contributed by atoms with Gasteiger partial charge in [0.05, 0.1) is 31.3 Å². The van der Waals surface area contributed by atoms with E-state index in [1.807, 2.05) is 0 Å². The fourth-order valence-corrected chi connectivity index (χ4v) is 1.67. The third-order valence-electron chi connectivity index (χ3n) is 2.70. The molecule has 0 aromatic carbocycles. The molecule has 1 saturated heterocycles. The Kier molecular flexibility index (Phi) is 3.16. The van der Waals surface area contributed by atoms with Gasteiger partial charge in [-0.25, -0.2) is 4.98 Å². The number of pyridine rings is 1. The molecule has 6 heteroatoms. The van der Waals surface area contributed by atoms with E-state index in [1.165, 1.54) is 0 Å². The predicted molar refractivity (Wildman–Crippen MR) is 65.9 cm³/mol. The van der Waals surface area contributed by atoms with Crippen LogP contribution in [-0.4, -0.2) is 40.6 Å². The van der Waals surface area contributed by atoms with Gasteiger partial charge < -0.3 is 9.47 Å². The second-order valence-electron chi connectivity index (χ2n) is 4.11. The second-order valence-corrected chi connectivity index (χ2v) is 4.11. The summed E-state index contributed by atoms with van der Waals surface area (Å²) in [5.41, 5.74) is 1.78. The van der Waals surface area contributed by atoms with E-state index < -0.39 is 0 Å². The summed E-state index contributed by atoms with van der Waals surface area (Å²) in [5.74, 6) is 0.454. The molecule has 0 N–H and O–H groups in total. The third kappa shape index (κ3) is 2.58. The Morgan fingerprint density at radius 2 is 2.26 bits per heavy atom. The molecule has 2 aromatic rings. The van der Waals surface area contributed by atoms with E-state index in [0.29, 0.717) is 36.8 Å². The maximum absolute atomic E-state index is 10.7. The van der Waals surface area contributed by atoms with Crippen molar-refractivity contribution in [2.45, 2.75) is 6.10 Å². The van der Waals surface area contributed by atoms with Crippen LogP contribution in [0.15, 0.2) is 30.7 Å². The molecule has 2 aromatic heterocycles. The molecule has 0 aliphatic carbocycles. The summed E-state index contributed by atoms with van der Waals surface area (Å²) >= 11 is 0. The van der Waals surface area contributed by atoms with Gasteiger partial charge in [0.25, 0.3) is 0 Å². The van der Waals surface area contributed by atoms with Crippen molar-refractivity contribution in [3.8, 4) is 17.1 Å². The number of nitrogens with zero attached hydrogens (tertiary/aromatic N) is 3. The topological polar surface area (TPSA) is 74.2 Å². The molecule has 0 radical (unpaired) electrons. The Balaban J connectivity index is 1.86. The van der Waals surface area contributed by atoms with Crippen molar-refractivity contribution in [3.05, 3.63) is 36.4 Å². The van der Waals surface area contributed by atoms with Crippen molar-refractivity contribution in [2.75, 3.05) is 13.2 Å². The first-order valence-electron chi connectivity index (χ1n) is 5.83. The van der Waals surface area contributed by atoms with Crippen molar-refractivity contribution in [2.24, 2.45) is 0 Å². The summed E-state index contributed by atoms with van der Waals surface area (Å²) in [4.78, 5) is 23.1. The smallest absolute Gasteiger partial charge is 0.233 e. The Hall–Kier alpha value is -2.34. The van der Waals surface area contributed by atoms with E-state index in [1.54, 1.807) is 30.7 Å². The number of ether oxygens (including phenoxy) is 2. The number of hydrogen-bond acceptors (Lipinski definition) is 6. The van der Waals surface area contributed by atoms with E-state index in [9.17, 15) is 4.79 Å². The summed E-state index contributed by atoms with van der Waals surface area (Å²) < 4.78 is 10.6. The minimum atomic E-state index is 0.0486. The Morgan fingerprint density at radius 1 is 1.37 bits per heavy atom. The lowest BCUT2D eigenvalue weighted by atomic mass is 10.2. The summed E-state index contributed by atoms with van der Waals surface area (Å²) in [6.45, 7) is 1.16. The first kappa shape index (κ1) is 11.7. The monoisotopic (exact) mass is 257 g/mol. The SMILES string of the molecule is O=Cc1cc(-c2cncc(OC3COC3)n2)ccn1. The van der Waals surface area contributed by atoms with E-state index in [4.69, 9.17) is 9.47 Å². The summed E-state index contributed by atoms with van der Waals surface area (Å²) in [6, 6.07) is 3.43. The van der Waals surface area contributed by atoms with Gasteiger partial charge in [0, 0.05) is 11.8 Å². The van der Waals surface area contributed by atoms with Gasteiger partial charge in [0.15, 0.2) is 6.29 Å². The highest BCUT2D eigenvalue weighted by molar-refractivity contribution is 5.75. The Bertz CT molecular complexity index is 599. The molecule has 1 fully saturated rings. The molecule has 1 aliphatic heterocycles. The molecule has 0 saturated carbocycles. The van der Waals surface area contributed by atoms with Crippen LogP contribution in [0, 0.1) is 0 Å². The lowest BCUT2D eigenvalue weighted by Gasteiger charge is -2.25. The minimum absolute atomic E-state index is 0.0486. The zero-order chi connectivity index (χ0) is 13.1. The largest absolute Gasteiger partial charge is 0.468 e. The van der Waals surface area contributed by atoms with Crippen molar-refractivity contribution in [3.63, 3.8) is 0 Å². The van der Waals surface area contributed by atoms with Crippen LogP contribution in [0.1, 0.15) is 10.5 Å². The Labute approximate surface area is 109 Å². The highest BCUT2D eigenvalue weighted by atomic mass is 16.6. The number of aldehydes is 1. The van der Waals surface area contributed by atoms with Crippen molar-refractivity contribution < 1.29 is 14.3 Å².